The van der Waals surface area contributed by atoms with Gasteiger partial charge in [0.2, 0.25) is 5.91 Å². The number of imidazole rings is 1. The molecule has 3 N–H and O–H groups in total. The maximum Gasteiger partial charge on any atom is 0.238 e. The van der Waals surface area contributed by atoms with Crippen molar-refractivity contribution < 1.29 is 4.79 Å². The minimum atomic E-state index is -0.240. The summed E-state index contributed by atoms with van der Waals surface area (Å²) in [5.74, 6) is 0.953. The van der Waals surface area contributed by atoms with Crippen LogP contribution in [0.2, 0.25) is 0 Å². The number of hydrogen-bond acceptors (Lipinski definition) is 5. The molecule has 1 aliphatic rings. The highest BCUT2D eigenvalue weighted by atomic mass is 16.2. The molecular weight excluding hydrogens is 280 g/mol. The summed E-state index contributed by atoms with van der Waals surface area (Å²) in [6, 6.07) is 5.62. The highest BCUT2D eigenvalue weighted by Gasteiger charge is 2.30. The first-order valence-corrected chi connectivity index (χ1v) is 7.41. The minimum Gasteiger partial charge on any atom is -0.353 e. The zero-order valence-corrected chi connectivity index (χ0v) is 12.5. The van der Waals surface area contributed by atoms with Gasteiger partial charge >= 0.3 is 0 Å². The summed E-state index contributed by atoms with van der Waals surface area (Å²) in [4.78, 5) is 20.6. The molecule has 1 fully saturated rings. The van der Waals surface area contributed by atoms with Gasteiger partial charge < -0.3 is 9.88 Å². The van der Waals surface area contributed by atoms with E-state index < -0.39 is 0 Å². The first-order chi connectivity index (χ1) is 10.7. The van der Waals surface area contributed by atoms with Crippen LogP contribution in [0.15, 0.2) is 36.8 Å². The molecule has 7 nitrogen and oxygen atoms in total. The molecule has 0 aromatic carbocycles. The number of carbonyl (C=O) groups is 1. The second kappa shape index (κ2) is 6.67. The summed E-state index contributed by atoms with van der Waals surface area (Å²) in [5.41, 5.74) is 7.11. The van der Waals surface area contributed by atoms with E-state index in [4.69, 9.17) is 0 Å². The molecule has 0 aliphatic carbocycles. The van der Waals surface area contributed by atoms with Gasteiger partial charge in [-0.1, -0.05) is 6.07 Å². The fourth-order valence-electron chi connectivity index (χ4n) is 2.57. The van der Waals surface area contributed by atoms with Crippen LogP contribution in [0.1, 0.15) is 24.0 Å². The number of rotatable bonds is 5. The van der Waals surface area contributed by atoms with Gasteiger partial charge in [-0.05, 0) is 25.5 Å². The Morgan fingerprint density at radius 2 is 2.27 bits per heavy atom. The van der Waals surface area contributed by atoms with Gasteiger partial charge in [-0.15, -0.1) is 0 Å². The normalized spacial score (nSPS) is 21.0. The molecular formula is C15H20N6O. The first kappa shape index (κ1) is 14.7. The molecule has 0 spiro atoms. The summed E-state index contributed by atoms with van der Waals surface area (Å²) in [5, 5.41) is 2.95. The van der Waals surface area contributed by atoms with E-state index in [2.05, 4.69) is 26.1 Å². The minimum absolute atomic E-state index is 0.00343. The Morgan fingerprint density at radius 1 is 1.36 bits per heavy atom. The molecule has 1 saturated heterocycles. The molecule has 2 aromatic rings. The van der Waals surface area contributed by atoms with Crippen LogP contribution < -0.4 is 16.2 Å². The van der Waals surface area contributed by atoms with Crippen LogP contribution in [0.5, 0.6) is 0 Å². The van der Waals surface area contributed by atoms with Crippen molar-refractivity contribution in [3.8, 4) is 0 Å². The molecule has 116 valence electrons. The van der Waals surface area contributed by atoms with Crippen molar-refractivity contribution in [3.63, 3.8) is 0 Å². The van der Waals surface area contributed by atoms with Crippen LogP contribution in [0.4, 0.5) is 0 Å². The van der Waals surface area contributed by atoms with Crippen LogP contribution in [0.3, 0.4) is 0 Å². The molecule has 1 amide bonds. The molecule has 2 unspecified atom stereocenters. The Labute approximate surface area is 129 Å². The van der Waals surface area contributed by atoms with E-state index in [0.717, 1.165) is 18.1 Å². The fourth-order valence-corrected chi connectivity index (χ4v) is 2.57. The van der Waals surface area contributed by atoms with Crippen LogP contribution in [-0.2, 0) is 11.3 Å². The lowest BCUT2D eigenvalue weighted by molar-refractivity contribution is -0.122. The highest BCUT2D eigenvalue weighted by molar-refractivity contribution is 5.82. The van der Waals surface area contributed by atoms with Crippen molar-refractivity contribution in [2.45, 2.75) is 32.0 Å². The summed E-state index contributed by atoms with van der Waals surface area (Å²) in [6.07, 6.45) is 6.12. The zero-order chi connectivity index (χ0) is 15.4. The second-order valence-corrected chi connectivity index (χ2v) is 5.34. The molecule has 2 atom stereocenters. The fraction of sp³-hybridized carbons (Fsp3) is 0.400. The SMILES string of the molecule is Cc1nccn1CCNC(=O)C1CC(c2ccccn2)NN1. The van der Waals surface area contributed by atoms with Crippen LogP contribution in [0.25, 0.3) is 0 Å². The number of carbonyl (C=O) groups excluding carboxylic acids is 1. The smallest absolute Gasteiger partial charge is 0.238 e. The standard InChI is InChI=1S/C15H20N6O/c1-11-16-6-8-21(11)9-7-18-15(22)14-10-13(19-20-14)12-4-2-3-5-17-12/h2-6,8,13-14,19-20H,7,9-10H2,1H3,(H,18,22). The number of nitrogens with zero attached hydrogens (tertiary/aromatic N) is 3. The number of nitrogens with one attached hydrogen (secondary N) is 3. The third-order valence-corrected chi connectivity index (χ3v) is 3.84. The molecule has 0 saturated carbocycles. The molecule has 1 aliphatic heterocycles. The van der Waals surface area contributed by atoms with E-state index in [-0.39, 0.29) is 18.0 Å². The Bertz CT molecular complexity index is 626. The number of hydrazine groups is 1. The van der Waals surface area contributed by atoms with Gasteiger partial charge in [0.25, 0.3) is 0 Å². The lowest BCUT2D eigenvalue weighted by Gasteiger charge is -2.11. The predicted molar refractivity (Wildman–Crippen MR) is 81.6 cm³/mol. The van der Waals surface area contributed by atoms with E-state index in [1.165, 1.54) is 0 Å². The van der Waals surface area contributed by atoms with Gasteiger partial charge in [-0.25, -0.2) is 15.8 Å². The molecule has 3 heterocycles. The first-order valence-electron chi connectivity index (χ1n) is 7.41. The lowest BCUT2D eigenvalue weighted by atomic mass is 10.1. The third-order valence-electron chi connectivity index (χ3n) is 3.84. The Morgan fingerprint density at radius 3 is 3.00 bits per heavy atom. The highest BCUT2D eigenvalue weighted by Crippen LogP contribution is 2.19. The van der Waals surface area contributed by atoms with E-state index in [1.54, 1.807) is 12.4 Å². The summed E-state index contributed by atoms with van der Waals surface area (Å²) in [7, 11) is 0. The maximum atomic E-state index is 12.2. The second-order valence-electron chi connectivity index (χ2n) is 5.34. The largest absolute Gasteiger partial charge is 0.353 e. The summed E-state index contributed by atoms with van der Waals surface area (Å²) >= 11 is 0. The third kappa shape index (κ3) is 3.32. The quantitative estimate of drug-likeness (QED) is 0.740. The van der Waals surface area contributed by atoms with Gasteiger partial charge in [-0.2, -0.15) is 0 Å². The van der Waals surface area contributed by atoms with Gasteiger partial charge in [0, 0.05) is 31.7 Å². The molecule has 7 heteroatoms. The lowest BCUT2D eigenvalue weighted by Crippen LogP contribution is -2.44. The van der Waals surface area contributed by atoms with Gasteiger partial charge in [-0.3, -0.25) is 9.78 Å². The van der Waals surface area contributed by atoms with E-state index in [9.17, 15) is 4.79 Å². The summed E-state index contributed by atoms with van der Waals surface area (Å²) in [6.45, 7) is 3.26. The number of aromatic nitrogens is 3. The zero-order valence-electron chi connectivity index (χ0n) is 12.5. The van der Waals surface area contributed by atoms with Crippen molar-refractivity contribution in [3.05, 3.63) is 48.3 Å². The number of amides is 1. The summed E-state index contributed by atoms with van der Waals surface area (Å²) < 4.78 is 2.01. The van der Waals surface area contributed by atoms with E-state index >= 15 is 0 Å². The van der Waals surface area contributed by atoms with Crippen molar-refractivity contribution in [2.24, 2.45) is 0 Å². The molecule has 3 rings (SSSR count). The molecule has 2 aromatic heterocycles. The molecule has 22 heavy (non-hydrogen) atoms. The predicted octanol–water partition coefficient (Wildman–Crippen LogP) is 0.311. The van der Waals surface area contributed by atoms with Crippen molar-refractivity contribution in [2.75, 3.05) is 6.54 Å². The number of pyridine rings is 1. The van der Waals surface area contributed by atoms with Crippen molar-refractivity contribution in [1.29, 1.82) is 0 Å². The van der Waals surface area contributed by atoms with Gasteiger partial charge in [0.05, 0.1) is 11.7 Å². The van der Waals surface area contributed by atoms with Crippen LogP contribution in [0, 0.1) is 6.92 Å². The Kier molecular flexibility index (Phi) is 4.45. The van der Waals surface area contributed by atoms with Gasteiger partial charge in [0.15, 0.2) is 0 Å². The molecule has 0 bridgehead atoms. The van der Waals surface area contributed by atoms with E-state index in [0.29, 0.717) is 13.0 Å². The number of aryl methyl sites for hydroxylation is 1. The average molecular weight is 300 g/mol. The Hall–Kier alpha value is -2.25. The van der Waals surface area contributed by atoms with Gasteiger partial charge in [0.1, 0.15) is 11.9 Å². The average Bonchev–Trinajstić information content (AvgIpc) is 3.18. The maximum absolute atomic E-state index is 12.2. The number of hydrogen-bond donors (Lipinski definition) is 3. The van der Waals surface area contributed by atoms with Crippen LogP contribution >= 0.6 is 0 Å². The monoisotopic (exact) mass is 300 g/mol. The van der Waals surface area contributed by atoms with E-state index in [1.807, 2.05) is 35.9 Å². The topological polar surface area (TPSA) is 83.9 Å². The van der Waals surface area contributed by atoms with Crippen molar-refractivity contribution >= 4 is 5.91 Å². The molecule has 0 radical (unpaired) electrons. The van der Waals surface area contributed by atoms with Crippen LogP contribution in [-0.4, -0.2) is 33.0 Å². The van der Waals surface area contributed by atoms with Crippen molar-refractivity contribution in [1.82, 2.24) is 30.7 Å². The Balaban J connectivity index is 1.46.